The maximum absolute atomic E-state index is 10.7. The Kier molecular flexibility index (Phi) is 3.38. The van der Waals surface area contributed by atoms with Gasteiger partial charge in [-0.15, -0.1) is 0 Å². The van der Waals surface area contributed by atoms with Gasteiger partial charge in [-0.2, -0.15) is 0 Å². The Balaban J connectivity index is 3.10. The number of aldehydes is 2. The molecule has 68 valence electrons. The summed E-state index contributed by atoms with van der Waals surface area (Å²) in [5.74, 6) is -0.151. The molecule has 0 N–H and O–H groups in total. The van der Waals surface area contributed by atoms with E-state index in [0.717, 1.165) is 24.6 Å². The lowest BCUT2D eigenvalue weighted by Gasteiger charge is -2.09. The first-order valence-electron chi connectivity index (χ1n) is 4.32. The molecule has 2 nitrogen and oxygen atoms in total. The first-order chi connectivity index (χ1) is 6.33. The van der Waals surface area contributed by atoms with E-state index in [1.54, 1.807) is 12.1 Å². The molecule has 0 saturated heterocycles. The predicted octanol–water partition coefficient (Wildman–Crippen LogP) is 2.19. The van der Waals surface area contributed by atoms with Crippen LogP contribution in [0.3, 0.4) is 0 Å². The maximum atomic E-state index is 10.7. The third kappa shape index (κ3) is 2.02. The van der Waals surface area contributed by atoms with Gasteiger partial charge in [0.05, 0.1) is 0 Å². The Labute approximate surface area is 77.6 Å². The van der Waals surface area contributed by atoms with Crippen molar-refractivity contribution in [3.63, 3.8) is 0 Å². The minimum absolute atomic E-state index is 0.151. The molecule has 0 aliphatic carbocycles. The van der Waals surface area contributed by atoms with Gasteiger partial charge in [-0.25, -0.2) is 0 Å². The van der Waals surface area contributed by atoms with Crippen molar-refractivity contribution >= 4 is 12.6 Å². The van der Waals surface area contributed by atoms with Gasteiger partial charge >= 0.3 is 0 Å². The van der Waals surface area contributed by atoms with E-state index in [9.17, 15) is 9.59 Å². The topological polar surface area (TPSA) is 34.1 Å². The highest BCUT2D eigenvalue weighted by atomic mass is 16.1. The zero-order valence-electron chi connectivity index (χ0n) is 7.57. The Morgan fingerprint density at radius 1 is 1.31 bits per heavy atom. The van der Waals surface area contributed by atoms with Gasteiger partial charge in [0.1, 0.15) is 12.6 Å². The summed E-state index contributed by atoms with van der Waals surface area (Å²) < 4.78 is 0. The lowest BCUT2D eigenvalue weighted by atomic mass is 9.94. The normalized spacial score (nSPS) is 12.1. The fourth-order valence-electron chi connectivity index (χ4n) is 1.35. The van der Waals surface area contributed by atoms with Gasteiger partial charge in [-0.05, 0) is 12.0 Å². The molecule has 0 saturated carbocycles. The van der Waals surface area contributed by atoms with Crippen LogP contribution in [0.15, 0.2) is 24.3 Å². The highest BCUT2D eigenvalue weighted by molar-refractivity contribution is 5.80. The molecule has 0 aromatic heterocycles. The van der Waals surface area contributed by atoms with E-state index in [1.807, 2.05) is 19.1 Å². The number of hydrogen-bond acceptors (Lipinski definition) is 2. The maximum Gasteiger partial charge on any atom is 0.150 e. The van der Waals surface area contributed by atoms with E-state index in [2.05, 4.69) is 0 Å². The van der Waals surface area contributed by atoms with Gasteiger partial charge in [0.2, 0.25) is 0 Å². The van der Waals surface area contributed by atoms with Crippen LogP contribution in [0.25, 0.3) is 0 Å². The Bertz CT molecular complexity index is 305. The number of hydrogen-bond donors (Lipinski definition) is 0. The summed E-state index contributed by atoms with van der Waals surface area (Å²) in [7, 11) is 0. The van der Waals surface area contributed by atoms with E-state index in [-0.39, 0.29) is 5.92 Å². The quantitative estimate of drug-likeness (QED) is 0.659. The summed E-state index contributed by atoms with van der Waals surface area (Å²) in [6.45, 7) is 1.93. The van der Waals surface area contributed by atoms with E-state index in [1.165, 1.54) is 0 Å². The molecule has 1 atom stereocenters. The van der Waals surface area contributed by atoms with Gasteiger partial charge in [0.15, 0.2) is 0 Å². The Hall–Kier alpha value is -1.44. The van der Waals surface area contributed by atoms with Crippen LogP contribution in [0, 0.1) is 0 Å². The van der Waals surface area contributed by atoms with Crippen molar-refractivity contribution in [3.05, 3.63) is 35.4 Å². The smallest absolute Gasteiger partial charge is 0.150 e. The number of carbonyl (C=O) groups is 2. The summed E-state index contributed by atoms with van der Waals surface area (Å²) in [5, 5.41) is 0. The average Bonchev–Trinajstić information content (AvgIpc) is 2.20. The molecule has 0 amide bonds. The van der Waals surface area contributed by atoms with Crippen molar-refractivity contribution in [2.75, 3.05) is 0 Å². The zero-order chi connectivity index (χ0) is 9.68. The largest absolute Gasteiger partial charge is 0.303 e. The number of benzene rings is 1. The van der Waals surface area contributed by atoms with Crippen LogP contribution in [0.2, 0.25) is 0 Å². The van der Waals surface area contributed by atoms with Gasteiger partial charge in [0, 0.05) is 11.5 Å². The molecular formula is C11H12O2. The second-order valence-corrected chi connectivity index (χ2v) is 2.90. The first kappa shape index (κ1) is 9.65. The van der Waals surface area contributed by atoms with Crippen LogP contribution in [0.4, 0.5) is 0 Å². The molecule has 1 aromatic carbocycles. The average molecular weight is 176 g/mol. The standard InChI is InChI=1S/C11H12O2/c1-2-9(7-12)11-6-4-3-5-10(11)8-13/h3-9H,2H2,1H3. The Morgan fingerprint density at radius 2 is 2.00 bits per heavy atom. The summed E-state index contributed by atoms with van der Waals surface area (Å²) in [6, 6.07) is 7.19. The third-order valence-corrected chi connectivity index (χ3v) is 2.13. The van der Waals surface area contributed by atoms with Crippen LogP contribution >= 0.6 is 0 Å². The van der Waals surface area contributed by atoms with E-state index >= 15 is 0 Å². The SMILES string of the molecule is CCC(C=O)c1ccccc1C=O. The lowest BCUT2D eigenvalue weighted by Crippen LogP contribution is -2.02. The van der Waals surface area contributed by atoms with Crippen LogP contribution < -0.4 is 0 Å². The third-order valence-electron chi connectivity index (χ3n) is 2.13. The molecule has 0 fully saturated rings. The van der Waals surface area contributed by atoms with Gasteiger partial charge in [-0.3, -0.25) is 4.79 Å². The van der Waals surface area contributed by atoms with Gasteiger partial charge in [0.25, 0.3) is 0 Å². The minimum atomic E-state index is -0.151. The summed E-state index contributed by atoms with van der Waals surface area (Å²) in [6.07, 6.45) is 2.41. The molecule has 2 heteroatoms. The van der Waals surface area contributed by atoms with E-state index in [4.69, 9.17) is 0 Å². The zero-order valence-corrected chi connectivity index (χ0v) is 7.57. The predicted molar refractivity (Wildman–Crippen MR) is 50.9 cm³/mol. The summed E-state index contributed by atoms with van der Waals surface area (Å²) in [5.41, 5.74) is 1.44. The number of carbonyl (C=O) groups excluding carboxylic acids is 2. The molecule has 13 heavy (non-hydrogen) atoms. The van der Waals surface area contributed by atoms with Crippen molar-refractivity contribution in [2.45, 2.75) is 19.3 Å². The molecule has 0 heterocycles. The summed E-state index contributed by atoms with van der Waals surface area (Å²) >= 11 is 0. The van der Waals surface area contributed by atoms with Crippen LogP contribution in [0.1, 0.15) is 35.2 Å². The molecule has 1 aromatic rings. The fraction of sp³-hybridized carbons (Fsp3) is 0.273. The fourth-order valence-corrected chi connectivity index (χ4v) is 1.35. The van der Waals surface area contributed by atoms with Crippen LogP contribution in [-0.2, 0) is 4.79 Å². The molecule has 1 unspecified atom stereocenters. The van der Waals surface area contributed by atoms with Crippen molar-refractivity contribution in [1.82, 2.24) is 0 Å². The second kappa shape index (κ2) is 4.55. The van der Waals surface area contributed by atoms with Gasteiger partial charge < -0.3 is 4.79 Å². The monoisotopic (exact) mass is 176 g/mol. The highest BCUT2D eigenvalue weighted by Crippen LogP contribution is 2.19. The Morgan fingerprint density at radius 3 is 2.54 bits per heavy atom. The molecule has 1 rings (SSSR count). The van der Waals surface area contributed by atoms with Crippen molar-refractivity contribution in [1.29, 1.82) is 0 Å². The van der Waals surface area contributed by atoms with Crippen molar-refractivity contribution < 1.29 is 9.59 Å². The van der Waals surface area contributed by atoms with Crippen molar-refractivity contribution in [2.24, 2.45) is 0 Å². The first-order valence-corrected chi connectivity index (χ1v) is 4.32. The highest BCUT2D eigenvalue weighted by Gasteiger charge is 2.10. The van der Waals surface area contributed by atoms with Crippen LogP contribution in [0.5, 0.6) is 0 Å². The van der Waals surface area contributed by atoms with Gasteiger partial charge in [-0.1, -0.05) is 31.2 Å². The van der Waals surface area contributed by atoms with Crippen molar-refractivity contribution in [3.8, 4) is 0 Å². The molecular weight excluding hydrogens is 164 g/mol. The molecule has 0 bridgehead atoms. The second-order valence-electron chi connectivity index (χ2n) is 2.90. The molecule has 0 radical (unpaired) electrons. The van der Waals surface area contributed by atoms with Crippen LogP contribution in [-0.4, -0.2) is 12.6 Å². The minimum Gasteiger partial charge on any atom is -0.303 e. The molecule has 0 spiro atoms. The van der Waals surface area contributed by atoms with E-state index in [0.29, 0.717) is 5.56 Å². The van der Waals surface area contributed by atoms with E-state index < -0.39 is 0 Å². The summed E-state index contributed by atoms with van der Waals surface area (Å²) in [4.78, 5) is 21.3. The molecule has 0 aliphatic heterocycles. The number of rotatable bonds is 4. The lowest BCUT2D eigenvalue weighted by molar-refractivity contribution is -0.109. The molecule has 0 aliphatic rings.